The summed E-state index contributed by atoms with van der Waals surface area (Å²) >= 11 is 4.09. The normalized spacial score (nSPS) is 10.9. The molecule has 0 aromatic heterocycles. The molecule has 25 heavy (non-hydrogen) atoms. The summed E-state index contributed by atoms with van der Waals surface area (Å²) in [6.45, 7) is 5.18. The molecule has 0 aliphatic rings. The standard InChI is InChI=1S/C17H34N4O3S/c1-14(2)8-7-9-19(4)16(23)11-21(6)17(24)12-20(5)15(22)10-18(3)13-25/h14,25H,7-13H2,1-6H3. The van der Waals surface area contributed by atoms with Crippen molar-refractivity contribution in [1.29, 1.82) is 0 Å². The van der Waals surface area contributed by atoms with E-state index in [2.05, 4.69) is 26.5 Å². The maximum Gasteiger partial charge on any atom is 0.242 e. The van der Waals surface area contributed by atoms with Crippen LogP contribution in [0.1, 0.15) is 26.7 Å². The highest BCUT2D eigenvalue weighted by Crippen LogP contribution is 2.04. The van der Waals surface area contributed by atoms with Crippen molar-refractivity contribution < 1.29 is 14.4 Å². The predicted molar refractivity (Wildman–Crippen MR) is 103 cm³/mol. The van der Waals surface area contributed by atoms with Gasteiger partial charge in [0.15, 0.2) is 0 Å². The van der Waals surface area contributed by atoms with Crippen LogP contribution >= 0.6 is 12.6 Å². The van der Waals surface area contributed by atoms with E-state index in [4.69, 9.17) is 0 Å². The summed E-state index contributed by atoms with van der Waals surface area (Å²) in [5.41, 5.74) is 0. The van der Waals surface area contributed by atoms with E-state index in [0.29, 0.717) is 18.3 Å². The molecular weight excluding hydrogens is 340 g/mol. The Labute approximate surface area is 157 Å². The van der Waals surface area contributed by atoms with Crippen LogP contribution in [0.4, 0.5) is 0 Å². The molecule has 0 rings (SSSR count). The van der Waals surface area contributed by atoms with Crippen molar-refractivity contribution in [2.75, 3.05) is 60.2 Å². The lowest BCUT2D eigenvalue weighted by Crippen LogP contribution is -2.45. The van der Waals surface area contributed by atoms with Crippen LogP contribution in [-0.4, -0.2) is 97.6 Å². The van der Waals surface area contributed by atoms with Gasteiger partial charge in [0.25, 0.3) is 0 Å². The van der Waals surface area contributed by atoms with Gasteiger partial charge in [0.05, 0.1) is 19.6 Å². The van der Waals surface area contributed by atoms with E-state index < -0.39 is 0 Å². The van der Waals surface area contributed by atoms with Crippen LogP contribution in [0.2, 0.25) is 0 Å². The average molecular weight is 375 g/mol. The van der Waals surface area contributed by atoms with Gasteiger partial charge in [-0.15, -0.1) is 0 Å². The van der Waals surface area contributed by atoms with Gasteiger partial charge in [0.1, 0.15) is 0 Å². The van der Waals surface area contributed by atoms with Crippen LogP contribution < -0.4 is 0 Å². The molecule has 0 fully saturated rings. The minimum atomic E-state index is -0.256. The molecule has 0 aliphatic carbocycles. The maximum absolute atomic E-state index is 12.2. The zero-order valence-corrected chi connectivity index (χ0v) is 17.4. The molecule has 0 heterocycles. The highest BCUT2D eigenvalue weighted by Gasteiger charge is 2.19. The maximum atomic E-state index is 12.2. The first-order chi connectivity index (χ1) is 11.6. The van der Waals surface area contributed by atoms with Crippen molar-refractivity contribution in [1.82, 2.24) is 19.6 Å². The Morgan fingerprint density at radius 3 is 1.68 bits per heavy atom. The summed E-state index contributed by atoms with van der Waals surface area (Å²) in [5.74, 6) is 0.569. The molecule has 0 saturated carbocycles. The lowest BCUT2D eigenvalue weighted by molar-refractivity contribution is -0.142. The number of amides is 3. The van der Waals surface area contributed by atoms with Crippen LogP contribution in [-0.2, 0) is 14.4 Å². The van der Waals surface area contributed by atoms with E-state index in [1.54, 1.807) is 38.0 Å². The first-order valence-electron chi connectivity index (χ1n) is 8.59. The van der Waals surface area contributed by atoms with E-state index >= 15 is 0 Å². The molecule has 0 aromatic carbocycles. The zero-order valence-electron chi connectivity index (χ0n) is 16.5. The number of carbonyl (C=O) groups is 3. The third kappa shape index (κ3) is 10.3. The van der Waals surface area contributed by atoms with Crippen LogP contribution in [0, 0.1) is 5.92 Å². The molecule has 0 unspecified atom stereocenters. The second-order valence-electron chi connectivity index (χ2n) is 7.01. The Hall–Kier alpha value is -1.28. The molecule has 0 atom stereocenters. The fourth-order valence-corrected chi connectivity index (χ4v) is 2.19. The van der Waals surface area contributed by atoms with Crippen LogP contribution in [0.5, 0.6) is 0 Å². The molecule has 0 spiro atoms. The summed E-state index contributed by atoms with van der Waals surface area (Å²) in [6.07, 6.45) is 2.02. The summed E-state index contributed by atoms with van der Waals surface area (Å²) in [6, 6.07) is 0. The third-order valence-corrected chi connectivity index (χ3v) is 4.43. The van der Waals surface area contributed by atoms with Crippen molar-refractivity contribution >= 4 is 30.4 Å². The predicted octanol–water partition coefficient (Wildman–Crippen LogP) is 0.617. The van der Waals surface area contributed by atoms with E-state index in [9.17, 15) is 14.4 Å². The highest BCUT2D eigenvalue weighted by molar-refractivity contribution is 7.80. The van der Waals surface area contributed by atoms with Gasteiger partial charge in [-0.1, -0.05) is 13.8 Å². The Morgan fingerprint density at radius 2 is 1.24 bits per heavy atom. The van der Waals surface area contributed by atoms with Gasteiger partial charge in [-0.25, -0.2) is 0 Å². The van der Waals surface area contributed by atoms with Gasteiger partial charge in [0, 0.05) is 33.6 Å². The minimum Gasteiger partial charge on any atom is -0.344 e. The van der Waals surface area contributed by atoms with E-state index in [1.165, 1.54) is 9.80 Å². The Morgan fingerprint density at radius 1 is 0.800 bits per heavy atom. The smallest absolute Gasteiger partial charge is 0.242 e. The first kappa shape index (κ1) is 23.7. The molecule has 0 radical (unpaired) electrons. The van der Waals surface area contributed by atoms with Crippen molar-refractivity contribution in [3.63, 3.8) is 0 Å². The largest absolute Gasteiger partial charge is 0.344 e. The van der Waals surface area contributed by atoms with E-state index in [0.717, 1.165) is 12.8 Å². The molecule has 3 amide bonds. The minimum absolute atomic E-state index is 0.0234. The van der Waals surface area contributed by atoms with Gasteiger partial charge in [-0.3, -0.25) is 19.3 Å². The van der Waals surface area contributed by atoms with Crippen LogP contribution in [0.3, 0.4) is 0 Å². The van der Waals surface area contributed by atoms with Gasteiger partial charge in [-0.2, -0.15) is 12.6 Å². The first-order valence-corrected chi connectivity index (χ1v) is 9.23. The van der Waals surface area contributed by atoms with Gasteiger partial charge in [-0.05, 0) is 25.8 Å². The molecule has 0 bridgehead atoms. The molecule has 0 aliphatic heterocycles. The number of hydrogen-bond acceptors (Lipinski definition) is 5. The zero-order chi connectivity index (χ0) is 19.6. The molecule has 0 saturated heterocycles. The SMILES string of the molecule is CC(C)CCCN(C)C(=O)CN(C)C(=O)CN(C)C(=O)CN(C)CS. The second kappa shape index (κ2) is 12.1. The molecule has 7 nitrogen and oxygen atoms in total. The number of thiol groups is 1. The summed E-state index contributed by atoms with van der Waals surface area (Å²) in [5, 5.41) is 0. The van der Waals surface area contributed by atoms with Crippen molar-refractivity contribution in [2.24, 2.45) is 5.92 Å². The summed E-state index contributed by atoms with van der Waals surface area (Å²) < 4.78 is 0. The van der Waals surface area contributed by atoms with Crippen LogP contribution in [0.25, 0.3) is 0 Å². The Bertz CT molecular complexity index is 446. The Balaban J connectivity index is 4.31. The highest BCUT2D eigenvalue weighted by atomic mass is 32.1. The number of nitrogens with zero attached hydrogens (tertiary/aromatic N) is 4. The van der Waals surface area contributed by atoms with Gasteiger partial charge in [0.2, 0.25) is 17.7 Å². The third-order valence-electron chi connectivity index (χ3n) is 3.94. The molecule has 0 aromatic rings. The molecular formula is C17H34N4O3S. The lowest BCUT2D eigenvalue weighted by Gasteiger charge is -2.25. The van der Waals surface area contributed by atoms with Gasteiger partial charge < -0.3 is 14.7 Å². The molecule has 146 valence electrons. The summed E-state index contributed by atoms with van der Waals surface area (Å²) in [4.78, 5) is 42.5. The molecule has 0 N–H and O–H groups in total. The summed E-state index contributed by atoms with van der Waals surface area (Å²) in [7, 11) is 6.70. The van der Waals surface area contributed by atoms with Crippen molar-refractivity contribution in [3.8, 4) is 0 Å². The quantitative estimate of drug-likeness (QED) is 0.425. The number of carbonyl (C=O) groups excluding carboxylic acids is 3. The van der Waals surface area contributed by atoms with Gasteiger partial charge >= 0.3 is 0 Å². The average Bonchev–Trinajstić information content (AvgIpc) is 2.53. The van der Waals surface area contributed by atoms with Crippen molar-refractivity contribution in [3.05, 3.63) is 0 Å². The second-order valence-corrected chi connectivity index (χ2v) is 7.29. The monoisotopic (exact) mass is 374 g/mol. The number of rotatable bonds is 11. The fourth-order valence-electron chi connectivity index (χ4n) is 2.09. The molecule has 8 heteroatoms. The number of likely N-dealkylation sites (N-methyl/N-ethyl adjacent to an activating group) is 4. The van der Waals surface area contributed by atoms with E-state index in [1.807, 2.05) is 0 Å². The van der Waals surface area contributed by atoms with Crippen molar-refractivity contribution in [2.45, 2.75) is 26.7 Å². The topological polar surface area (TPSA) is 64.2 Å². The number of hydrogen-bond donors (Lipinski definition) is 1. The fraction of sp³-hybridized carbons (Fsp3) is 0.824. The van der Waals surface area contributed by atoms with Crippen LogP contribution in [0.15, 0.2) is 0 Å². The van der Waals surface area contributed by atoms with E-state index in [-0.39, 0.29) is 37.4 Å². The lowest BCUT2D eigenvalue weighted by atomic mass is 10.1. The Kier molecular flexibility index (Phi) is 11.5.